The average Bonchev–Trinajstić information content (AvgIpc) is 2.37. The third kappa shape index (κ3) is 3.89. The fourth-order valence-corrected chi connectivity index (χ4v) is 1.63. The number of anilines is 2. The Balaban J connectivity index is 2.87. The number of benzene rings is 1. The molecule has 112 valence electrons. The highest BCUT2D eigenvalue weighted by Gasteiger charge is 2.22. The van der Waals surface area contributed by atoms with E-state index in [9.17, 15) is 4.79 Å². The van der Waals surface area contributed by atoms with E-state index in [1.165, 1.54) is 0 Å². The highest BCUT2D eigenvalue weighted by molar-refractivity contribution is 5.98. The minimum absolute atomic E-state index is 0.145. The van der Waals surface area contributed by atoms with Gasteiger partial charge in [0.1, 0.15) is 0 Å². The molecule has 0 fully saturated rings. The lowest BCUT2D eigenvalue weighted by molar-refractivity contribution is 0.0527. The summed E-state index contributed by atoms with van der Waals surface area (Å²) in [6.45, 7) is 11.7. The van der Waals surface area contributed by atoms with Gasteiger partial charge in [0.25, 0.3) is 0 Å². The first-order valence-corrected chi connectivity index (χ1v) is 7.09. The van der Waals surface area contributed by atoms with E-state index in [-0.39, 0.29) is 11.4 Å². The van der Waals surface area contributed by atoms with E-state index in [0.717, 1.165) is 12.2 Å². The molecule has 0 aliphatic heterocycles. The van der Waals surface area contributed by atoms with Gasteiger partial charge in [-0.3, -0.25) is 0 Å². The first-order chi connectivity index (χ1) is 9.29. The number of nitrogens with one attached hydrogen (secondary N) is 1. The van der Waals surface area contributed by atoms with Crippen molar-refractivity contribution >= 4 is 17.3 Å². The number of hydrogen-bond acceptors (Lipinski definition) is 4. The van der Waals surface area contributed by atoms with Crippen LogP contribution in [0.3, 0.4) is 0 Å². The molecule has 0 heterocycles. The van der Waals surface area contributed by atoms with Crippen molar-refractivity contribution in [1.82, 2.24) is 0 Å². The molecule has 0 radical (unpaired) electrons. The molecule has 0 saturated carbocycles. The molecule has 0 unspecified atom stereocenters. The van der Waals surface area contributed by atoms with Crippen molar-refractivity contribution < 1.29 is 9.53 Å². The molecule has 3 N–H and O–H groups in total. The second kappa shape index (κ2) is 6.64. The number of carbonyl (C=O) groups is 1. The van der Waals surface area contributed by atoms with Crippen LogP contribution >= 0.6 is 0 Å². The summed E-state index contributed by atoms with van der Waals surface area (Å²) in [6.07, 6.45) is 0. The highest BCUT2D eigenvalue weighted by atomic mass is 16.5. The average molecular weight is 278 g/mol. The van der Waals surface area contributed by atoms with E-state index >= 15 is 0 Å². The normalized spacial score (nSPS) is 11.5. The topological polar surface area (TPSA) is 64.3 Å². The first-order valence-electron chi connectivity index (χ1n) is 7.09. The smallest absolute Gasteiger partial charge is 0.340 e. The third-order valence-corrected chi connectivity index (χ3v) is 3.90. The number of nitrogen functional groups attached to an aromatic ring is 1. The predicted octanol–water partition coefficient (Wildman–Crippen LogP) is 3.54. The summed E-state index contributed by atoms with van der Waals surface area (Å²) in [5.74, 6) is 0.168. The predicted molar refractivity (Wildman–Crippen MR) is 83.9 cm³/mol. The molecule has 0 bridgehead atoms. The largest absolute Gasteiger partial charge is 0.462 e. The lowest BCUT2D eigenvalue weighted by Crippen LogP contribution is -2.28. The number of ether oxygens (including phenoxy) is 1. The van der Waals surface area contributed by atoms with Crippen molar-refractivity contribution in [2.24, 2.45) is 11.3 Å². The van der Waals surface area contributed by atoms with E-state index in [1.807, 2.05) is 12.1 Å². The van der Waals surface area contributed by atoms with Gasteiger partial charge >= 0.3 is 5.97 Å². The van der Waals surface area contributed by atoms with Gasteiger partial charge in [-0.05, 0) is 30.4 Å². The number of esters is 1. The summed E-state index contributed by atoms with van der Waals surface area (Å²) < 4.78 is 5.00. The molecule has 1 aromatic carbocycles. The number of hydrogen-bond donors (Lipinski definition) is 2. The number of rotatable bonds is 6. The molecular weight excluding hydrogens is 252 g/mol. The van der Waals surface area contributed by atoms with Crippen LogP contribution in [-0.4, -0.2) is 19.1 Å². The van der Waals surface area contributed by atoms with Crippen molar-refractivity contribution in [2.45, 2.75) is 34.6 Å². The Hall–Kier alpha value is -1.71. The number of carbonyl (C=O) groups excluding carboxylic acids is 1. The molecular formula is C16H26N2O2. The summed E-state index contributed by atoms with van der Waals surface area (Å²) in [6, 6.07) is 5.38. The van der Waals surface area contributed by atoms with Crippen LogP contribution < -0.4 is 11.1 Å². The molecule has 0 aliphatic rings. The number of nitrogens with two attached hydrogens (primary N) is 1. The maximum atomic E-state index is 11.8. The second-order valence-corrected chi connectivity index (χ2v) is 5.98. The van der Waals surface area contributed by atoms with Gasteiger partial charge in [0.15, 0.2) is 0 Å². The van der Waals surface area contributed by atoms with Crippen LogP contribution in [0.5, 0.6) is 0 Å². The fraction of sp³-hybridized carbons (Fsp3) is 0.562. The van der Waals surface area contributed by atoms with E-state index in [4.69, 9.17) is 10.5 Å². The van der Waals surface area contributed by atoms with Crippen LogP contribution in [-0.2, 0) is 4.74 Å². The summed E-state index contributed by atoms with van der Waals surface area (Å²) in [5.41, 5.74) is 7.85. The molecule has 0 spiro atoms. The van der Waals surface area contributed by atoms with Crippen LogP contribution in [0.1, 0.15) is 45.0 Å². The van der Waals surface area contributed by atoms with Crippen molar-refractivity contribution in [3.05, 3.63) is 23.8 Å². The van der Waals surface area contributed by atoms with E-state index in [2.05, 4.69) is 33.0 Å². The molecule has 0 aromatic heterocycles. The summed E-state index contributed by atoms with van der Waals surface area (Å²) >= 11 is 0. The molecule has 4 heteroatoms. The zero-order chi connectivity index (χ0) is 15.3. The van der Waals surface area contributed by atoms with Gasteiger partial charge in [0, 0.05) is 6.54 Å². The molecule has 1 aromatic rings. The second-order valence-electron chi connectivity index (χ2n) is 5.98. The van der Waals surface area contributed by atoms with Crippen LogP contribution in [0.25, 0.3) is 0 Å². The van der Waals surface area contributed by atoms with Crippen molar-refractivity contribution in [1.29, 1.82) is 0 Å². The van der Waals surface area contributed by atoms with E-state index in [0.29, 0.717) is 23.8 Å². The Labute approximate surface area is 121 Å². The summed E-state index contributed by atoms with van der Waals surface area (Å²) in [4.78, 5) is 11.8. The SMILES string of the molecule is CCOC(=O)c1cccc(NCC(C)(C)C(C)C)c1N. The Kier molecular flexibility index (Phi) is 5.43. The minimum atomic E-state index is -0.378. The Bertz CT molecular complexity index is 468. The molecule has 20 heavy (non-hydrogen) atoms. The maximum absolute atomic E-state index is 11.8. The Morgan fingerprint density at radius 1 is 1.40 bits per heavy atom. The molecule has 1 rings (SSSR count). The lowest BCUT2D eigenvalue weighted by atomic mass is 9.81. The first kappa shape index (κ1) is 16.3. The summed E-state index contributed by atoms with van der Waals surface area (Å²) in [5, 5.41) is 3.34. The van der Waals surface area contributed by atoms with Crippen molar-refractivity contribution in [3.63, 3.8) is 0 Å². The van der Waals surface area contributed by atoms with Gasteiger partial charge in [-0.2, -0.15) is 0 Å². The van der Waals surface area contributed by atoms with Gasteiger partial charge in [-0.25, -0.2) is 4.79 Å². The molecule has 0 aliphatic carbocycles. The van der Waals surface area contributed by atoms with Crippen LogP contribution in [0.4, 0.5) is 11.4 Å². The molecule has 0 saturated heterocycles. The Morgan fingerprint density at radius 3 is 2.60 bits per heavy atom. The fourth-order valence-electron chi connectivity index (χ4n) is 1.63. The van der Waals surface area contributed by atoms with Gasteiger partial charge in [-0.1, -0.05) is 33.8 Å². The molecule has 0 amide bonds. The summed E-state index contributed by atoms with van der Waals surface area (Å²) in [7, 11) is 0. The minimum Gasteiger partial charge on any atom is -0.462 e. The van der Waals surface area contributed by atoms with Crippen LogP contribution in [0.15, 0.2) is 18.2 Å². The van der Waals surface area contributed by atoms with Crippen molar-refractivity contribution in [2.75, 3.05) is 24.2 Å². The van der Waals surface area contributed by atoms with Gasteiger partial charge in [-0.15, -0.1) is 0 Å². The number of para-hydroxylation sites is 1. The van der Waals surface area contributed by atoms with Crippen molar-refractivity contribution in [3.8, 4) is 0 Å². The quantitative estimate of drug-likeness (QED) is 0.617. The zero-order valence-electron chi connectivity index (χ0n) is 13.1. The van der Waals surface area contributed by atoms with Gasteiger partial charge in [0.05, 0.1) is 23.5 Å². The van der Waals surface area contributed by atoms with Crippen LogP contribution in [0.2, 0.25) is 0 Å². The standard InChI is InChI=1S/C16H26N2O2/c1-6-20-15(19)12-8-7-9-13(14(12)17)18-10-16(4,5)11(2)3/h7-9,11,18H,6,10,17H2,1-5H3. The third-order valence-electron chi connectivity index (χ3n) is 3.90. The Morgan fingerprint density at radius 2 is 2.05 bits per heavy atom. The van der Waals surface area contributed by atoms with Gasteiger partial charge in [0.2, 0.25) is 0 Å². The maximum Gasteiger partial charge on any atom is 0.340 e. The zero-order valence-corrected chi connectivity index (χ0v) is 13.1. The van der Waals surface area contributed by atoms with E-state index < -0.39 is 0 Å². The lowest BCUT2D eigenvalue weighted by Gasteiger charge is -2.30. The molecule has 0 atom stereocenters. The monoisotopic (exact) mass is 278 g/mol. The highest BCUT2D eigenvalue weighted by Crippen LogP contribution is 2.29. The van der Waals surface area contributed by atoms with Crippen LogP contribution in [0, 0.1) is 11.3 Å². The molecule has 4 nitrogen and oxygen atoms in total. The van der Waals surface area contributed by atoms with Gasteiger partial charge < -0.3 is 15.8 Å². The van der Waals surface area contributed by atoms with E-state index in [1.54, 1.807) is 13.0 Å².